The average molecular weight is 399 g/mol. The zero-order valence-electron chi connectivity index (χ0n) is 15.7. The Morgan fingerprint density at radius 3 is 2.74 bits per heavy atom. The lowest BCUT2D eigenvalue weighted by Crippen LogP contribution is -2.55. The number of halogens is 1. The highest BCUT2D eigenvalue weighted by Crippen LogP contribution is 2.31. The van der Waals surface area contributed by atoms with Gasteiger partial charge in [-0.1, -0.05) is 6.07 Å². The molecule has 1 aliphatic heterocycles. The van der Waals surface area contributed by atoms with E-state index in [0.29, 0.717) is 6.42 Å². The molecule has 0 saturated carbocycles. The molecule has 1 aromatic rings. The number of hydrogen-bond donors (Lipinski definition) is 1. The number of methoxy groups -OCH3 is 1. The van der Waals surface area contributed by atoms with Crippen molar-refractivity contribution in [3.8, 4) is 0 Å². The number of sulfonamides is 1. The minimum atomic E-state index is -3.84. The summed E-state index contributed by atoms with van der Waals surface area (Å²) >= 11 is 0. The number of rotatable bonds is 6. The summed E-state index contributed by atoms with van der Waals surface area (Å²) in [5.74, 6) is -0.773. The second kappa shape index (κ2) is 8.24. The van der Waals surface area contributed by atoms with Crippen molar-refractivity contribution in [3.05, 3.63) is 29.3 Å². The van der Waals surface area contributed by atoms with Crippen LogP contribution in [0.3, 0.4) is 0 Å². The molecule has 0 spiro atoms. The van der Waals surface area contributed by atoms with Crippen molar-refractivity contribution in [1.29, 1.82) is 0 Å². The summed E-state index contributed by atoms with van der Waals surface area (Å²) in [6.07, 6.45) is 4.33. The van der Waals surface area contributed by atoms with Crippen molar-refractivity contribution in [3.63, 3.8) is 0 Å². The van der Waals surface area contributed by atoms with Crippen LogP contribution in [-0.4, -0.2) is 57.6 Å². The second-order valence-corrected chi connectivity index (χ2v) is 9.23. The van der Waals surface area contributed by atoms with E-state index in [9.17, 15) is 13.2 Å². The van der Waals surface area contributed by atoms with Crippen molar-refractivity contribution >= 4 is 15.9 Å². The monoisotopic (exact) mass is 398 g/mol. The molecule has 1 fully saturated rings. The van der Waals surface area contributed by atoms with E-state index >= 15 is 4.39 Å². The lowest BCUT2D eigenvalue weighted by molar-refractivity contribution is -0.135. The summed E-state index contributed by atoms with van der Waals surface area (Å²) in [6.45, 7) is 0.235. The summed E-state index contributed by atoms with van der Waals surface area (Å²) in [5, 5.41) is 2.49. The number of ether oxygens (including phenoxy) is 1. The molecule has 1 heterocycles. The van der Waals surface area contributed by atoms with E-state index < -0.39 is 28.1 Å². The predicted molar refractivity (Wildman–Crippen MR) is 99.8 cm³/mol. The van der Waals surface area contributed by atoms with E-state index in [4.69, 9.17) is 4.74 Å². The molecule has 0 aromatic heterocycles. The van der Waals surface area contributed by atoms with Gasteiger partial charge in [0.15, 0.2) is 0 Å². The molecule has 1 aliphatic carbocycles. The number of benzene rings is 1. The molecule has 1 aromatic carbocycles. The number of alkyl halides is 1. The van der Waals surface area contributed by atoms with Gasteiger partial charge in [-0.25, -0.2) is 12.8 Å². The molecule has 1 unspecified atom stereocenters. The Hall–Kier alpha value is -1.51. The number of carbonyl (C=O) groups is 1. The van der Waals surface area contributed by atoms with Gasteiger partial charge in [0.05, 0.1) is 18.0 Å². The summed E-state index contributed by atoms with van der Waals surface area (Å²) < 4.78 is 47.3. The predicted octanol–water partition coefficient (Wildman–Crippen LogP) is 1.82. The van der Waals surface area contributed by atoms with Crippen LogP contribution in [0.25, 0.3) is 0 Å². The molecule has 1 amide bonds. The van der Waals surface area contributed by atoms with E-state index in [0.717, 1.165) is 35.6 Å². The topological polar surface area (TPSA) is 75.7 Å². The molecule has 1 N–H and O–H groups in total. The van der Waals surface area contributed by atoms with Crippen molar-refractivity contribution in [1.82, 2.24) is 9.62 Å². The largest absolute Gasteiger partial charge is 0.383 e. The number of amides is 1. The summed E-state index contributed by atoms with van der Waals surface area (Å²) in [4.78, 5) is 12.4. The number of nitrogens with one attached hydrogen (secondary N) is 1. The van der Waals surface area contributed by atoms with E-state index in [1.54, 1.807) is 12.1 Å². The molecular formula is C19H27FN2O4S. The summed E-state index contributed by atoms with van der Waals surface area (Å²) in [7, 11) is -2.35. The van der Waals surface area contributed by atoms with Crippen LogP contribution < -0.4 is 5.32 Å². The molecule has 8 heteroatoms. The van der Waals surface area contributed by atoms with Crippen LogP contribution in [0.2, 0.25) is 0 Å². The zero-order valence-corrected chi connectivity index (χ0v) is 16.5. The van der Waals surface area contributed by atoms with Gasteiger partial charge in [0.2, 0.25) is 15.7 Å². The third-order valence-electron chi connectivity index (χ3n) is 5.36. The van der Waals surface area contributed by atoms with E-state index in [2.05, 4.69) is 5.32 Å². The quantitative estimate of drug-likeness (QED) is 0.742. The third-order valence-corrected chi connectivity index (χ3v) is 7.21. The molecule has 3 rings (SSSR count). The number of piperidine rings is 1. The summed E-state index contributed by atoms with van der Waals surface area (Å²) in [5.41, 5.74) is 0.0344. The molecule has 2 aliphatic rings. The van der Waals surface area contributed by atoms with Crippen molar-refractivity contribution in [2.45, 2.75) is 49.1 Å². The molecule has 27 heavy (non-hydrogen) atoms. The van der Waals surface area contributed by atoms with E-state index in [1.807, 2.05) is 6.07 Å². The van der Waals surface area contributed by atoms with Gasteiger partial charge in [0, 0.05) is 20.2 Å². The van der Waals surface area contributed by atoms with Gasteiger partial charge in [-0.05, 0) is 61.8 Å². The first-order valence-electron chi connectivity index (χ1n) is 9.45. The van der Waals surface area contributed by atoms with Crippen molar-refractivity contribution in [2.75, 3.05) is 33.4 Å². The van der Waals surface area contributed by atoms with Crippen molar-refractivity contribution < 1.29 is 22.3 Å². The van der Waals surface area contributed by atoms with E-state index in [1.165, 1.54) is 12.7 Å². The van der Waals surface area contributed by atoms with Gasteiger partial charge in [-0.15, -0.1) is 0 Å². The SMILES string of the molecule is COCCNC(=O)C1(F)CCCN(S(=O)(=O)c2ccc3c(c2)CCCC3)C1. The number of aryl methyl sites for hydroxylation is 2. The fourth-order valence-electron chi connectivity index (χ4n) is 3.81. The Morgan fingerprint density at radius 2 is 2.00 bits per heavy atom. The van der Waals surface area contributed by atoms with Gasteiger partial charge < -0.3 is 10.1 Å². The number of fused-ring (bicyclic) bond motifs is 1. The molecule has 0 bridgehead atoms. The van der Waals surface area contributed by atoms with Crippen molar-refractivity contribution in [2.24, 2.45) is 0 Å². The van der Waals surface area contributed by atoms with Crippen LogP contribution in [-0.2, 0) is 32.4 Å². The van der Waals surface area contributed by atoms with Gasteiger partial charge in [0.25, 0.3) is 5.91 Å². The smallest absolute Gasteiger partial charge is 0.259 e. The molecule has 6 nitrogen and oxygen atoms in total. The fraction of sp³-hybridized carbons (Fsp3) is 0.632. The number of carbonyl (C=O) groups excluding carboxylic acids is 1. The average Bonchev–Trinajstić information content (AvgIpc) is 2.67. The van der Waals surface area contributed by atoms with Gasteiger partial charge in [-0.3, -0.25) is 4.79 Å². The van der Waals surface area contributed by atoms with Crippen LogP contribution in [0.4, 0.5) is 4.39 Å². The Kier molecular flexibility index (Phi) is 6.18. The Morgan fingerprint density at radius 1 is 1.26 bits per heavy atom. The maximum atomic E-state index is 15.2. The number of hydrogen-bond acceptors (Lipinski definition) is 4. The highest BCUT2D eigenvalue weighted by Gasteiger charge is 2.45. The van der Waals surface area contributed by atoms with Gasteiger partial charge >= 0.3 is 0 Å². The highest BCUT2D eigenvalue weighted by atomic mass is 32.2. The Bertz CT molecular complexity index is 799. The minimum Gasteiger partial charge on any atom is -0.383 e. The maximum absolute atomic E-state index is 15.2. The minimum absolute atomic E-state index is 0.0159. The first-order valence-corrected chi connectivity index (χ1v) is 10.9. The van der Waals surface area contributed by atoms with Crippen LogP contribution in [0.1, 0.15) is 36.8 Å². The lowest BCUT2D eigenvalue weighted by Gasteiger charge is -2.35. The second-order valence-electron chi connectivity index (χ2n) is 7.29. The normalized spacial score (nSPS) is 23.6. The third kappa shape index (κ3) is 4.33. The Balaban J connectivity index is 1.77. The maximum Gasteiger partial charge on any atom is 0.259 e. The molecule has 150 valence electrons. The highest BCUT2D eigenvalue weighted by molar-refractivity contribution is 7.89. The lowest BCUT2D eigenvalue weighted by atomic mass is 9.92. The van der Waals surface area contributed by atoms with Crippen LogP contribution in [0.5, 0.6) is 0 Å². The molecule has 1 atom stereocenters. The van der Waals surface area contributed by atoms with Crippen LogP contribution >= 0.6 is 0 Å². The first-order chi connectivity index (χ1) is 12.9. The molecule has 1 saturated heterocycles. The fourth-order valence-corrected chi connectivity index (χ4v) is 5.38. The van der Waals surface area contributed by atoms with E-state index in [-0.39, 0.29) is 31.0 Å². The molecular weight excluding hydrogens is 371 g/mol. The van der Waals surface area contributed by atoms with Gasteiger partial charge in [-0.2, -0.15) is 4.31 Å². The summed E-state index contributed by atoms with van der Waals surface area (Å²) in [6, 6.07) is 5.19. The standard InChI is InChI=1S/C19H27FN2O4S/c1-26-12-10-21-18(23)19(20)9-4-11-22(14-19)27(24,25)17-8-7-15-5-2-3-6-16(15)13-17/h7-8,13H,2-6,9-12,14H2,1H3,(H,21,23). The first kappa shape index (κ1) is 20.2. The molecule has 0 radical (unpaired) electrons. The number of nitrogens with zero attached hydrogens (tertiary/aromatic N) is 1. The zero-order chi connectivity index (χ0) is 19.5. The van der Waals surface area contributed by atoms with Crippen LogP contribution in [0.15, 0.2) is 23.1 Å². The Labute approximate surface area is 160 Å². The van der Waals surface area contributed by atoms with Gasteiger partial charge in [0.1, 0.15) is 0 Å². The van der Waals surface area contributed by atoms with Crippen LogP contribution in [0, 0.1) is 0 Å².